The Balaban J connectivity index is 1.51. The van der Waals surface area contributed by atoms with Crippen LogP contribution in [0.15, 0.2) is 36.4 Å². The lowest BCUT2D eigenvalue weighted by Gasteiger charge is -2.08. The van der Waals surface area contributed by atoms with E-state index in [1.807, 2.05) is 0 Å². The van der Waals surface area contributed by atoms with E-state index in [0.29, 0.717) is 17.1 Å². The number of amides is 2. The molecule has 0 atom stereocenters. The van der Waals surface area contributed by atoms with Gasteiger partial charge in [-0.25, -0.2) is 8.79 Å². The number of benzene rings is 1. The van der Waals surface area contributed by atoms with E-state index in [1.54, 1.807) is 22.6 Å². The number of nitrogens with one attached hydrogen (secondary N) is 2. The molecule has 28 heavy (non-hydrogen) atoms. The molecule has 0 unspecified atom stereocenters. The third-order valence-electron chi connectivity index (χ3n) is 3.91. The standard InChI is InChI=1S/C18H17ClFN5O3/c1-28-17-4-2-3-14-23-24-18(25(14)17)22-16(27)8-7-15(26)21-10-11-5-6-13(20)12(19)9-11/h2-6,9H,7-8,10H2,1H3,(H,21,26)(H,22,24,27). The van der Waals surface area contributed by atoms with Gasteiger partial charge < -0.3 is 10.1 Å². The van der Waals surface area contributed by atoms with E-state index >= 15 is 0 Å². The molecule has 0 radical (unpaired) electrons. The van der Waals surface area contributed by atoms with Crippen molar-refractivity contribution in [2.24, 2.45) is 0 Å². The lowest BCUT2D eigenvalue weighted by Crippen LogP contribution is -2.24. The van der Waals surface area contributed by atoms with E-state index in [9.17, 15) is 14.0 Å². The highest BCUT2D eigenvalue weighted by Crippen LogP contribution is 2.18. The maximum Gasteiger partial charge on any atom is 0.238 e. The van der Waals surface area contributed by atoms with Crippen molar-refractivity contribution in [1.82, 2.24) is 19.9 Å². The Hall–Kier alpha value is -3.20. The predicted octanol–water partition coefficient (Wildman–Crippen LogP) is 2.57. The number of pyridine rings is 1. The van der Waals surface area contributed by atoms with Crippen LogP contribution in [0, 0.1) is 5.82 Å². The number of anilines is 1. The topological polar surface area (TPSA) is 97.6 Å². The smallest absolute Gasteiger partial charge is 0.238 e. The first-order valence-electron chi connectivity index (χ1n) is 8.36. The second kappa shape index (κ2) is 8.66. The molecule has 0 saturated carbocycles. The molecule has 0 aliphatic rings. The lowest BCUT2D eigenvalue weighted by atomic mass is 10.2. The summed E-state index contributed by atoms with van der Waals surface area (Å²) in [7, 11) is 1.50. The number of ether oxygens (including phenoxy) is 1. The molecule has 0 saturated heterocycles. The summed E-state index contributed by atoms with van der Waals surface area (Å²) in [6, 6.07) is 9.38. The van der Waals surface area contributed by atoms with Gasteiger partial charge in [-0.2, -0.15) is 0 Å². The Bertz CT molecular complexity index is 1020. The highest BCUT2D eigenvalue weighted by atomic mass is 35.5. The molecular weight excluding hydrogens is 389 g/mol. The monoisotopic (exact) mass is 405 g/mol. The number of hydrogen-bond acceptors (Lipinski definition) is 5. The first kappa shape index (κ1) is 19.6. The van der Waals surface area contributed by atoms with Crippen molar-refractivity contribution in [3.05, 3.63) is 52.8 Å². The fourth-order valence-corrected chi connectivity index (χ4v) is 2.71. The number of carbonyl (C=O) groups is 2. The number of hydrogen-bond donors (Lipinski definition) is 2. The molecule has 146 valence electrons. The van der Waals surface area contributed by atoms with Crippen LogP contribution >= 0.6 is 11.6 Å². The third kappa shape index (κ3) is 4.55. The van der Waals surface area contributed by atoms with Gasteiger partial charge >= 0.3 is 0 Å². The number of rotatable bonds is 7. The molecule has 1 aromatic carbocycles. The summed E-state index contributed by atoms with van der Waals surface area (Å²) in [4.78, 5) is 24.1. The number of halogens is 2. The van der Waals surface area contributed by atoms with E-state index in [1.165, 1.54) is 25.3 Å². The number of aromatic nitrogens is 3. The first-order valence-corrected chi connectivity index (χ1v) is 8.74. The molecule has 2 aromatic heterocycles. The number of carbonyl (C=O) groups excluding carboxylic acids is 2. The lowest BCUT2D eigenvalue weighted by molar-refractivity contribution is -0.124. The molecule has 0 aliphatic heterocycles. The summed E-state index contributed by atoms with van der Waals surface area (Å²) in [6.07, 6.45) is -0.0608. The minimum atomic E-state index is -0.522. The van der Waals surface area contributed by atoms with Gasteiger partial charge in [-0.1, -0.05) is 23.7 Å². The molecule has 3 aromatic rings. The van der Waals surface area contributed by atoms with E-state index in [0.717, 1.165) is 0 Å². The molecule has 3 rings (SSSR count). The molecule has 2 heterocycles. The van der Waals surface area contributed by atoms with Crippen molar-refractivity contribution in [3.63, 3.8) is 0 Å². The van der Waals surface area contributed by atoms with Gasteiger partial charge in [-0.15, -0.1) is 10.2 Å². The van der Waals surface area contributed by atoms with Crippen LogP contribution < -0.4 is 15.4 Å². The van der Waals surface area contributed by atoms with Crippen LogP contribution in [0.2, 0.25) is 5.02 Å². The summed E-state index contributed by atoms with van der Waals surface area (Å²) >= 11 is 5.70. The number of nitrogens with zero attached hydrogens (tertiary/aromatic N) is 3. The number of methoxy groups -OCH3 is 1. The summed E-state index contributed by atoms with van der Waals surface area (Å²) < 4.78 is 19.9. The Morgan fingerprint density at radius 1 is 1.18 bits per heavy atom. The van der Waals surface area contributed by atoms with Gasteiger partial charge in [0, 0.05) is 19.4 Å². The van der Waals surface area contributed by atoms with E-state index in [-0.39, 0.29) is 42.2 Å². The molecule has 0 aliphatic carbocycles. The van der Waals surface area contributed by atoms with Crippen LogP contribution in [0.25, 0.3) is 5.65 Å². The van der Waals surface area contributed by atoms with Gasteiger partial charge in [0.2, 0.25) is 23.6 Å². The zero-order chi connectivity index (χ0) is 20.1. The Morgan fingerprint density at radius 3 is 2.71 bits per heavy atom. The Labute approximate surface area is 164 Å². The SMILES string of the molecule is COc1cccc2nnc(NC(=O)CCC(=O)NCc3ccc(F)c(Cl)c3)n12. The van der Waals surface area contributed by atoms with Crippen LogP contribution in [0.1, 0.15) is 18.4 Å². The first-order chi connectivity index (χ1) is 13.5. The fourth-order valence-electron chi connectivity index (χ4n) is 2.51. The minimum absolute atomic E-state index is 0.0120. The van der Waals surface area contributed by atoms with Crippen LogP contribution in [0.4, 0.5) is 10.3 Å². The minimum Gasteiger partial charge on any atom is -0.482 e. The summed E-state index contributed by atoms with van der Waals surface area (Å²) in [5.41, 5.74) is 1.18. The van der Waals surface area contributed by atoms with Gasteiger partial charge in [-0.05, 0) is 29.8 Å². The summed E-state index contributed by atoms with van der Waals surface area (Å²) in [5.74, 6) is -0.558. The van der Waals surface area contributed by atoms with E-state index in [4.69, 9.17) is 16.3 Å². The van der Waals surface area contributed by atoms with Gasteiger partial charge in [-0.3, -0.25) is 14.9 Å². The zero-order valence-electron chi connectivity index (χ0n) is 14.9. The van der Waals surface area contributed by atoms with Crippen LogP contribution in [-0.4, -0.2) is 33.5 Å². The van der Waals surface area contributed by atoms with Gasteiger partial charge in [0.25, 0.3) is 0 Å². The third-order valence-corrected chi connectivity index (χ3v) is 4.20. The molecule has 0 fully saturated rings. The number of fused-ring (bicyclic) bond motifs is 1. The van der Waals surface area contributed by atoms with Gasteiger partial charge in [0.15, 0.2) is 5.65 Å². The molecule has 2 amide bonds. The summed E-state index contributed by atoms with van der Waals surface area (Å²) in [5, 5.41) is 13.1. The molecule has 0 spiro atoms. The molecule has 8 nitrogen and oxygen atoms in total. The van der Waals surface area contributed by atoms with E-state index in [2.05, 4.69) is 20.8 Å². The second-order valence-corrected chi connectivity index (χ2v) is 6.27. The van der Waals surface area contributed by atoms with Crippen molar-refractivity contribution in [3.8, 4) is 5.88 Å². The van der Waals surface area contributed by atoms with Crippen molar-refractivity contribution in [1.29, 1.82) is 0 Å². The second-order valence-electron chi connectivity index (χ2n) is 5.86. The normalized spacial score (nSPS) is 10.7. The molecule has 0 bridgehead atoms. The maximum absolute atomic E-state index is 13.1. The van der Waals surface area contributed by atoms with Crippen LogP contribution in [-0.2, 0) is 16.1 Å². The van der Waals surface area contributed by atoms with Crippen molar-refractivity contribution >= 4 is 35.0 Å². The highest BCUT2D eigenvalue weighted by Gasteiger charge is 2.14. The van der Waals surface area contributed by atoms with Crippen molar-refractivity contribution < 1.29 is 18.7 Å². The predicted molar refractivity (Wildman–Crippen MR) is 101 cm³/mol. The molecular formula is C18H17ClFN5O3. The molecule has 2 N–H and O–H groups in total. The van der Waals surface area contributed by atoms with Gasteiger partial charge in [0.05, 0.1) is 12.1 Å². The van der Waals surface area contributed by atoms with Crippen molar-refractivity contribution in [2.75, 3.05) is 12.4 Å². The fraction of sp³-hybridized carbons (Fsp3) is 0.222. The van der Waals surface area contributed by atoms with Crippen molar-refractivity contribution in [2.45, 2.75) is 19.4 Å². The van der Waals surface area contributed by atoms with Crippen LogP contribution in [0.3, 0.4) is 0 Å². The zero-order valence-corrected chi connectivity index (χ0v) is 15.7. The van der Waals surface area contributed by atoms with Gasteiger partial charge in [0.1, 0.15) is 5.82 Å². The quantitative estimate of drug-likeness (QED) is 0.629. The maximum atomic E-state index is 13.1. The molecule has 10 heteroatoms. The van der Waals surface area contributed by atoms with E-state index < -0.39 is 5.82 Å². The average molecular weight is 406 g/mol. The summed E-state index contributed by atoms with van der Waals surface area (Å²) in [6.45, 7) is 0.187. The largest absolute Gasteiger partial charge is 0.482 e. The Morgan fingerprint density at radius 2 is 1.96 bits per heavy atom. The Kier molecular flexibility index (Phi) is 6.05. The highest BCUT2D eigenvalue weighted by molar-refractivity contribution is 6.30. The average Bonchev–Trinajstić information content (AvgIpc) is 3.10. The van der Waals surface area contributed by atoms with Crippen LogP contribution in [0.5, 0.6) is 5.88 Å².